The molecule has 0 spiro atoms. The first-order valence-corrected chi connectivity index (χ1v) is 6.41. The van der Waals surface area contributed by atoms with Gasteiger partial charge in [0.1, 0.15) is 6.61 Å². The van der Waals surface area contributed by atoms with E-state index < -0.39 is 21.1 Å². The molecule has 0 heterocycles. The van der Waals surface area contributed by atoms with Gasteiger partial charge < -0.3 is 9.90 Å². The summed E-state index contributed by atoms with van der Waals surface area (Å²) in [5.74, 6) is 0. The number of halogens is 3. The maximum absolute atomic E-state index is 10.5. The van der Waals surface area contributed by atoms with Crippen molar-refractivity contribution in [3.8, 4) is 0 Å². The van der Waals surface area contributed by atoms with Crippen molar-refractivity contribution in [2.75, 3.05) is 6.61 Å². The van der Waals surface area contributed by atoms with Gasteiger partial charge in [-0.2, -0.15) is 13.2 Å². The minimum atomic E-state index is -4.40. The first-order chi connectivity index (χ1) is 4.56. The Balaban J connectivity index is -0.000000126. The molecule has 0 fully saturated rings. The van der Waals surface area contributed by atoms with Gasteiger partial charge >= 0.3 is 6.18 Å². The fourth-order valence-corrected chi connectivity index (χ4v) is 0. The Morgan fingerprint density at radius 2 is 1.25 bits per heavy atom. The van der Waals surface area contributed by atoms with Gasteiger partial charge in [0, 0.05) is 19.5 Å². The van der Waals surface area contributed by atoms with Crippen molar-refractivity contribution in [1.82, 2.24) is 0 Å². The van der Waals surface area contributed by atoms with Crippen LogP contribution in [0.25, 0.3) is 0 Å². The quantitative estimate of drug-likeness (QED) is 0.642. The summed E-state index contributed by atoms with van der Waals surface area (Å²) in [6.45, 7) is 3.92. The summed E-state index contributed by atoms with van der Waals surface area (Å²) in [6.07, 6.45) is -4.40. The second-order valence-corrected chi connectivity index (χ2v) is 7.29. The summed E-state index contributed by atoms with van der Waals surface area (Å²) in [4.78, 5) is 8.66. The zero-order valence-electron chi connectivity index (χ0n) is 7.44. The van der Waals surface area contributed by atoms with Crippen molar-refractivity contribution in [2.45, 2.75) is 25.8 Å². The molecule has 0 amide bonds. The molecule has 0 unspecified atom stereocenters. The zero-order valence-corrected chi connectivity index (χ0v) is 11.4. The van der Waals surface area contributed by atoms with E-state index in [9.17, 15) is 13.2 Å². The Morgan fingerprint density at radius 3 is 1.25 bits per heavy atom. The zero-order chi connectivity index (χ0) is 9.71. The van der Waals surface area contributed by atoms with Crippen molar-refractivity contribution in [3.63, 3.8) is 0 Å². The molecule has 0 radical (unpaired) electrons. The van der Waals surface area contributed by atoms with E-state index >= 15 is 0 Å². The molecule has 0 aromatic carbocycles. The van der Waals surface area contributed by atoms with Crippen LogP contribution in [0, 0.1) is 0 Å². The van der Waals surface area contributed by atoms with Crippen LogP contribution in [-0.4, -0.2) is 31.0 Å². The molecule has 7 heteroatoms. The predicted octanol–water partition coefficient (Wildman–Crippen LogP) is 1.35. The molecule has 0 rings (SSSR count). The molecule has 0 aliphatic rings. The average molecular weight is 256 g/mol. The second-order valence-electron chi connectivity index (χ2n) is 2.94. The summed E-state index contributed by atoms with van der Waals surface area (Å²) in [7, 11) is -1.61. The van der Waals surface area contributed by atoms with E-state index in [1.54, 1.807) is 0 Å². The number of alkyl halides is 3. The number of hydrogen-bond acceptors (Lipinski definition) is 2. The van der Waals surface area contributed by atoms with Gasteiger partial charge in [-0.05, 0) is 19.6 Å². The van der Waals surface area contributed by atoms with Gasteiger partial charge in [0.25, 0.3) is 0 Å². The maximum Gasteiger partial charge on any atom is 0.411 e. The fourth-order valence-electron chi connectivity index (χ4n) is 0. The van der Waals surface area contributed by atoms with E-state index in [4.69, 9.17) is 9.90 Å². The van der Waals surface area contributed by atoms with Crippen LogP contribution in [0.5, 0.6) is 0 Å². The van der Waals surface area contributed by atoms with Crippen LogP contribution in [0.3, 0.4) is 0 Å². The molecular weight excluding hydrogens is 243 g/mol. The van der Waals surface area contributed by atoms with Crippen LogP contribution in [-0.2, 0) is 19.5 Å². The third-order valence-electron chi connectivity index (χ3n) is 0.179. The van der Waals surface area contributed by atoms with Crippen LogP contribution in [0.2, 0.25) is 19.6 Å². The smallest absolute Gasteiger partial charge is 0.411 e. The maximum atomic E-state index is 10.5. The molecule has 0 aliphatic heterocycles. The Bertz CT molecular complexity index is 95.8. The summed E-state index contributed by atoms with van der Waals surface area (Å²) in [5.41, 5.74) is 0. The van der Waals surface area contributed by atoms with Gasteiger partial charge in [-0.15, -0.1) is 0 Å². The molecular formula is C5H13F3O2SiZn. The van der Waals surface area contributed by atoms with Crippen molar-refractivity contribution in [1.29, 1.82) is 0 Å². The Labute approximate surface area is 83.7 Å². The van der Waals surface area contributed by atoms with Crippen LogP contribution in [0.4, 0.5) is 13.2 Å². The number of aliphatic hydroxyl groups is 1. The van der Waals surface area contributed by atoms with Gasteiger partial charge in [0.2, 0.25) is 0 Å². The molecule has 0 bridgehead atoms. The minimum absolute atomic E-state index is 0. The van der Waals surface area contributed by atoms with E-state index in [0.717, 1.165) is 0 Å². The predicted molar refractivity (Wildman–Crippen MR) is 38.7 cm³/mol. The van der Waals surface area contributed by atoms with Crippen molar-refractivity contribution in [3.05, 3.63) is 0 Å². The van der Waals surface area contributed by atoms with E-state index in [1.807, 2.05) is 19.6 Å². The van der Waals surface area contributed by atoms with Crippen LogP contribution >= 0.6 is 0 Å². The topological polar surface area (TPSA) is 40.5 Å². The van der Waals surface area contributed by atoms with Crippen LogP contribution < -0.4 is 0 Å². The third-order valence-corrected chi connectivity index (χ3v) is 0.179. The monoisotopic (exact) mass is 254 g/mol. The van der Waals surface area contributed by atoms with Gasteiger partial charge in [0.15, 0.2) is 8.32 Å². The van der Waals surface area contributed by atoms with E-state index in [1.165, 1.54) is 0 Å². The molecule has 0 atom stereocenters. The molecule has 2 N–H and O–H groups in total. The minimum Gasteiger partial charge on any atom is -0.433 e. The molecule has 72 valence electrons. The Morgan fingerprint density at radius 1 is 1.17 bits per heavy atom. The molecule has 2 nitrogen and oxygen atoms in total. The van der Waals surface area contributed by atoms with E-state index in [2.05, 4.69) is 0 Å². The van der Waals surface area contributed by atoms with Gasteiger partial charge in [0.05, 0.1) is 0 Å². The standard InChI is InChI=1S/C3H10OSi.C2H3F3O.Zn/c1-5(2,3)4;3-2(4,5)1-6;/h4H,1-3H3;6H,1H2;. The summed E-state index contributed by atoms with van der Waals surface area (Å²) in [5, 5.41) is 7.28. The van der Waals surface area contributed by atoms with Crippen molar-refractivity contribution < 1.29 is 42.6 Å². The van der Waals surface area contributed by atoms with Gasteiger partial charge in [-0.3, -0.25) is 0 Å². The summed E-state index contributed by atoms with van der Waals surface area (Å²) >= 11 is 0. The third kappa shape index (κ3) is 76.3. The average Bonchev–Trinajstić information content (AvgIpc) is 1.59. The Hall–Kier alpha value is 0.550. The number of aliphatic hydroxyl groups excluding tert-OH is 1. The molecule has 0 saturated heterocycles. The Kier molecular flexibility index (Phi) is 10.7. The van der Waals surface area contributed by atoms with Gasteiger partial charge in [-0.25, -0.2) is 0 Å². The van der Waals surface area contributed by atoms with Crippen molar-refractivity contribution >= 4 is 8.32 Å². The summed E-state index contributed by atoms with van der Waals surface area (Å²) in [6, 6.07) is 0. The van der Waals surface area contributed by atoms with Crippen LogP contribution in [0.1, 0.15) is 0 Å². The van der Waals surface area contributed by atoms with Crippen LogP contribution in [0.15, 0.2) is 0 Å². The molecule has 0 aromatic heterocycles. The fraction of sp³-hybridized carbons (Fsp3) is 1.00. The number of rotatable bonds is 0. The van der Waals surface area contributed by atoms with E-state index in [0.29, 0.717) is 0 Å². The molecule has 0 aliphatic carbocycles. The number of hydrogen-bond donors (Lipinski definition) is 2. The first kappa shape index (κ1) is 18.4. The second kappa shape index (κ2) is 7.00. The van der Waals surface area contributed by atoms with Gasteiger partial charge in [-0.1, -0.05) is 0 Å². The normalized spacial score (nSPS) is 11.0. The SMILES string of the molecule is C[Si](C)(C)O.OCC(F)(F)F.[Zn]. The molecule has 12 heavy (non-hydrogen) atoms. The molecule has 0 saturated carbocycles. The first-order valence-electron chi connectivity index (χ1n) is 2.96. The van der Waals surface area contributed by atoms with Crippen molar-refractivity contribution in [2.24, 2.45) is 0 Å². The van der Waals surface area contributed by atoms with E-state index in [-0.39, 0.29) is 19.5 Å². The molecule has 0 aromatic rings. The largest absolute Gasteiger partial charge is 0.433 e. The summed E-state index contributed by atoms with van der Waals surface area (Å²) < 4.78 is 31.6.